The Morgan fingerprint density at radius 2 is 1.89 bits per heavy atom. The molecule has 0 spiro atoms. The van der Waals surface area contributed by atoms with E-state index < -0.39 is 30.5 Å². The lowest BCUT2D eigenvalue weighted by molar-refractivity contribution is -0.147. The number of furan rings is 1. The Hall–Kier alpha value is -2.87. The maximum absolute atomic E-state index is 12.4. The topological polar surface area (TPSA) is 104 Å². The van der Waals surface area contributed by atoms with Crippen LogP contribution >= 0.6 is 0 Å². The van der Waals surface area contributed by atoms with Crippen LogP contribution in [-0.2, 0) is 30.4 Å². The average Bonchev–Trinajstić information content (AvgIpc) is 3.08. The summed E-state index contributed by atoms with van der Waals surface area (Å²) in [4.78, 5) is 36.4. The Morgan fingerprint density at radius 3 is 2.54 bits per heavy atom. The molecule has 0 aliphatic rings. The van der Waals surface area contributed by atoms with Crippen LogP contribution in [0.5, 0.6) is 0 Å². The van der Waals surface area contributed by atoms with Crippen LogP contribution in [0, 0.1) is 5.92 Å². The number of benzene rings is 1. The molecule has 2 atom stereocenters. The molecular formula is C20H25NO7. The highest BCUT2D eigenvalue weighted by molar-refractivity contribution is 5.97. The highest BCUT2D eigenvalue weighted by Crippen LogP contribution is 2.27. The number of ether oxygens (including phenoxy) is 3. The normalized spacial score (nSPS) is 13.0. The largest absolute Gasteiger partial charge is 0.467 e. The maximum atomic E-state index is 12.4. The first-order valence-corrected chi connectivity index (χ1v) is 8.96. The number of fused-ring (bicyclic) bond motifs is 1. The second-order valence-electron chi connectivity index (χ2n) is 6.37. The number of amides is 1. The standard InChI is InChI=1S/C20H25NO7/c1-5-12(2)17(19(23)26-4)21-16(22)11-27-20(24)18-14(10-25-3)13-8-6-7-9-15(13)28-18/h6-9,12,17H,5,10-11H2,1-4H3,(H,21,22). The fourth-order valence-electron chi connectivity index (χ4n) is 2.76. The first-order valence-electron chi connectivity index (χ1n) is 8.96. The van der Waals surface area contributed by atoms with Crippen molar-refractivity contribution in [2.75, 3.05) is 20.8 Å². The summed E-state index contributed by atoms with van der Waals surface area (Å²) in [5, 5.41) is 3.28. The molecule has 0 aliphatic carbocycles. The zero-order chi connectivity index (χ0) is 20.7. The van der Waals surface area contributed by atoms with Gasteiger partial charge in [0.1, 0.15) is 11.6 Å². The van der Waals surface area contributed by atoms with Crippen LogP contribution in [0.15, 0.2) is 28.7 Å². The lowest BCUT2D eigenvalue weighted by Gasteiger charge is -2.21. The predicted molar refractivity (Wildman–Crippen MR) is 101 cm³/mol. The minimum atomic E-state index is -0.809. The van der Waals surface area contributed by atoms with Gasteiger partial charge in [0.25, 0.3) is 5.91 Å². The summed E-state index contributed by atoms with van der Waals surface area (Å²) in [6, 6.07) is 6.33. The number of rotatable bonds is 9. The smallest absolute Gasteiger partial charge is 0.375 e. The van der Waals surface area contributed by atoms with Gasteiger partial charge in [-0.25, -0.2) is 9.59 Å². The van der Waals surface area contributed by atoms with Crippen LogP contribution in [0.3, 0.4) is 0 Å². The highest BCUT2D eigenvalue weighted by atomic mass is 16.5. The van der Waals surface area contributed by atoms with Gasteiger partial charge in [0, 0.05) is 18.1 Å². The molecule has 0 radical (unpaired) electrons. The van der Waals surface area contributed by atoms with Crippen LogP contribution in [-0.4, -0.2) is 44.7 Å². The SMILES string of the molecule is CCC(C)C(NC(=O)COC(=O)c1oc2ccccc2c1COC)C(=O)OC. The molecule has 2 unspecified atom stereocenters. The van der Waals surface area contributed by atoms with E-state index in [1.54, 1.807) is 12.1 Å². The molecule has 0 saturated heterocycles. The van der Waals surface area contributed by atoms with Gasteiger partial charge in [-0.05, 0) is 12.0 Å². The summed E-state index contributed by atoms with van der Waals surface area (Å²) in [5.74, 6) is -2.07. The van der Waals surface area contributed by atoms with E-state index in [0.717, 1.165) is 5.39 Å². The number of esters is 2. The Balaban J connectivity index is 2.07. The molecular weight excluding hydrogens is 366 g/mol. The third kappa shape index (κ3) is 4.89. The molecule has 0 aliphatic heterocycles. The van der Waals surface area contributed by atoms with Gasteiger partial charge in [-0.3, -0.25) is 4.79 Å². The molecule has 2 aromatic rings. The monoisotopic (exact) mass is 391 g/mol. The van der Waals surface area contributed by atoms with Crippen molar-refractivity contribution >= 4 is 28.8 Å². The Morgan fingerprint density at radius 1 is 1.18 bits per heavy atom. The lowest BCUT2D eigenvalue weighted by Crippen LogP contribution is -2.47. The van der Waals surface area contributed by atoms with E-state index in [9.17, 15) is 14.4 Å². The molecule has 152 valence electrons. The van der Waals surface area contributed by atoms with Gasteiger partial charge in [-0.15, -0.1) is 0 Å². The molecule has 8 nitrogen and oxygen atoms in total. The second kappa shape index (κ2) is 9.89. The zero-order valence-electron chi connectivity index (χ0n) is 16.4. The van der Waals surface area contributed by atoms with Crippen molar-refractivity contribution in [1.29, 1.82) is 0 Å². The molecule has 0 saturated carbocycles. The first-order chi connectivity index (χ1) is 13.4. The summed E-state index contributed by atoms with van der Waals surface area (Å²) < 4.78 is 20.5. The maximum Gasteiger partial charge on any atom is 0.375 e. The molecule has 1 aromatic carbocycles. The summed E-state index contributed by atoms with van der Waals surface area (Å²) in [6.07, 6.45) is 0.666. The average molecular weight is 391 g/mol. The van der Waals surface area contributed by atoms with Gasteiger partial charge in [0.15, 0.2) is 6.61 Å². The van der Waals surface area contributed by atoms with E-state index in [1.165, 1.54) is 14.2 Å². The lowest BCUT2D eigenvalue weighted by atomic mass is 9.99. The number of methoxy groups -OCH3 is 2. The summed E-state index contributed by atoms with van der Waals surface area (Å²) in [5.41, 5.74) is 1.07. The second-order valence-corrected chi connectivity index (χ2v) is 6.37. The minimum absolute atomic E-state index is 0.0118. The third-order valence-corrected chi connectivity index (χ3v) is 4.49. The number of para-hydroxylation sites is 1. The Bertz CT molecular complexity index is 842. The summed E-state index contributed by atoms with van der Waals surface area (Å²) in [6.45, 7) is 3.32. The Labute approximate surface area is 163 Å². The van der Waals surface area contributed by atoms with Crippen molar-refractivity contribution in [3.8, 4) is 0 Å². The van der Waals surface area contributed by atoms with Gasteiger partial charge in [-0.2, -0.15) is 0 Å². The summed E-state index contributed by atoms with van der Waals surface area (Å²) in [7, 11) is 2.76. The van der Waals surface area contributed by atoms with Crippen LogP contribution in [0.2, 0.25) is 0 Å². The van der Waals surface area contributed by atoms with Gasteiger partial charge < -0.3 is 23.9 Å². The van der Waals surface area contributed by atoms with Gasteiger partial charge in [0.05, 0.1) is 13.7 Å². The quantitative estimate of drug-likeness (QED) is 0.655. The number of hydrogen-bond acceptors (Lipinski definition) is 7. The highest BCUT2D eigenvalue weighted by Gasteiger charge is 2.28. The van der Waals surface area contributed by atoms with Gasteiger partial charge in [0.2, 0.25) is 5.76 Å². The van der Waals surface area contributed by atoms with Crippen LogP contribution in [0.25, 0.3) is 11.0 Å². The fraction of sp³-hybridized carbons (Fsp3) is 0.450. The molecule has 1 N–H and O–H groups in total. The molecule has 2 rings (SSSR count). The molecule has 1 amide bonds. The first kappa shape index (κ1) is 21.4. The number of nitrogens with one attached hydrogen (secondary N) is 1. The molecule has 1 heterocycles. The fourth-order valence-corrected chi connectivity index (χ4v) is 2.76. The molecule has 28 heavy (non-hydrogen) atoms. The van der Waals surface area contributed by atoms with Crippen molar-refractivity contribution < 1.29 is 33.0 Å². The number of carbonyl (C=O) groups excluding carboxylic acids is 3. The summed E-state index contributed by atoms with van der Waals surface area (Å²) >= 11 is 0. The van der Waals surface area contributed by atoms with Crippen LogP contribution in [0.4, 0.5) is 0 Å². The van der Waals surface area contributed by atoms with E-state index in [1.807, 2.05) is 26.0 Å². The van der Waals surface area contributed by atoms with E-state index in [-0.39, 0.29) is 18.3 Å². The van der Waals surface area contributed by atoms with Crippen molar-refractivity contribution in [2.24, 2.45) is 5.92 Å². The Kier molecular flexibility index (Phi) is 7.57. The molecule has 1 aromatic heterocycles. The zero-order valence-corrected chi connectivity index (χ0v) is 16.4. The molecule has 0 fully saturated rings. The van der Waals surface area contributed by atoms with Gasteiger partial charge >= 0.3 is 11.9 Å². The van der Waals surface area contributed by atoms with E-state index in [4.69, 9.17) is 18.6 Å². The van der Waals surface area contributed by atoms with E-state index in [2.05, 4.69) is 5.32 Å². The van der Waals surface area contributed by atoms with Crippen molar-refractivity contribution in [2.45, 2.75) is 32.9 Å². The number of carbonyl (C=O) groups is 3. The third-order valence-electron chi connectivity index (χ3n) is 4.49. The number of hydrogen-bond donors (Lipinski definition) is 1. The molecule has 0 bridgehead atoms. The van der Waals surface area contributed by atoms with Crippen LogP contribution < -0.4 is 5.32 Å². The minimum Gasteiger partial charge on any atom is -0.467 e. The predicted octanol–water partition coefficient (Wildman–Crippen LogP) is 2.44. The van der Waals surface area contributed by atoms with Crippen molar-refractivity contribution in [3.05, 3.63) is 35.6 Å². The van der Waals surface area contributed by atoms with Crippen molar-refractivity contribution in [1.82, 2.24) is 5.32 Å². The van der Waals surface area contributed by atoms with E-state index in [0.29, 0.717) is 17.6 Å². The van der Waals surface area contributed by atoms with Crippen molar-refractivity contribution in [3.63, 3.8) is 0 Å². The van der Waals surface area contributed by atoms with Crippen LogP contribution in [0.1, 0.15) is 36.4 Å². The molecule has 8 heteroatoms. The van der Waals surface area contributed by atoms with Gasteiger partial charge in [-0.1, -0.05) is 38.5 Å². The van der Waals surface area contributed by atoms with E-state index >= 15 is 0 Å².